The SMILES string of the molecule is C=C(C)C(=O)O[Si](CC(C)C)(CC(C)C)O[Si](O[Si](C)(C)C)(O[Si](C)(C)C)O[Si](C)(C)C. The summed E-state index contributed by atoms with van der Waals surface area (Å²) in [7, 11) is -13.2. The molecule has 32 heavy (non-hydrogen) atoms. The van der Waals surface area contributed by atoms with Gasteiger partial charge in [0.15, 0.2) is 25.0 Å². The molecule has 0 amide bonds. The highest BCUT2D eigenvalue weighted by Gasteiger charge is 2.60. The lowest BCUT2D eigenvalue weighted by molar-refractivity contribution is -0.132. The van der Waals surface area contributed by atoms with E-state index in [0.717, 1.165) is 0 Å². The number of hydrogen-bond acceptors (Lipinski definition) is 6. The lowest BCUT2D eigenvalue weighted by Gasteiger charge is -2.45. The van der Waals surface area contributed by atoms with Gasteiger partial charge in [-0.1, -0.05) is 34.3 Å². The van der Waals surface area contributed by atoms with Crippen LogP contribution in [0, 0.1) is 11.8 Å². The molecule has 0 bridgehead atoms. The van der Waals surface area contributed by atoms with Crippen LogP contribution < -0.4 is 0 Å². The maximum absolute atomic E-state index is 12.8. The number of hydrogen-bond donors (Lipinski definition) is 0. The van der Waals surface area contributed by atoms with Crippen LogP contribution in [0.3, 0.4) is 0 Å². The molecule has 0 saturated heterocycles. The molecule has 0 radical (unpaired) electrons. The average molecular weight is 539 g/mol. The number of rotatable bonds is 14. The van der Waals surface area contributed by atoms with Gasteiger partial charge in [-0.15, -0.1) is 0 Å². The van der Waals surface area contributed by atoms with Crippen molar-refractivity contribution in [3.05, 3.63) is 12.2 Å². The fourth-order valence-corrected chi connectivity index (χ4v) is 21.5. The van der Waals surface area contributed by atoms with Crippen LogP contribution >= 0.6 is 0 Å². The Labute approximate surface area is 203 Å². The first kappa shape index (κ1) is 32.1. The summed E-state index contributed by atoms with van der Waals surface area (Å²) in [4.78, 5) is 12.8. The number of carbonyl (C=O) groups is 1. The van der Waals surface area contributed by atoms with Gasteiger partial charge in [0, 0.05) is 17.7 Å². The smallest absolute Gasteiger partial charge is 0.491 e. The summed E-state index contributed by atoms with van der Waals surface area (Å²) in [6.07, 6.45) is 0. The van der Waals surface area contributed by atoms with Crippen LogP contribution in [0.4, 0.5) is 0 Å². The van der Waals surface area contributed by atoms with E-state index < -0.39 is 48.5 Å². The van der Waals surface area contributed by atoms with Crippen molar-refractivity contribution in [1.82, 2.24) is 0 Å². The van der Waals surface area contributed by atoms with Gasteiger partial charge in [0.25, 0.3) is 0 Å². The van der Waals surface area contributed by atoms with Gasteiger partial charge in [0.1, 0.15) is 0 Å². The van der Waals surface area contributed by atoms with Gasteiger partial charge in [0.2, 0.25) is 0 Å². The highest BCUT2D eigenvalue weighted by Crippen LogP contribution is 2.36. The van der Waals surface area contributed by atoms with E-state index in [-0.39, 0.29) is 11.8 Å². The fraction of sp³-hybridized carbons (Fsp3) is 0.857. The molecule has 0 rings (SSSR count). The van der Waals surface area contributed by atoms with Gasteiger partial charge < -0.3 is 20.9 Å². The number of carbonyl (C=O) groups excluding carboxylic acids is 1. The Kier molecular flexibility index (Phi) is 11.8. The first-order chi connectivity index (χ1) is 14.0. The molecule has 6 nitrogen and oxygen atoms in total. The zero-order valence-corrected chi connectivity index (χ0v) is 28.2. The lowest BCUT2D eigenvalue weighted by atomic mass is 10.3. The molecule has 0 saturated carbocycles. The Morgan fingerprint density at radius 3 is 1.22 bits per heavy atom. The average Bonchev–Trinajstić information content (AvgIpc) is 2.37. The molecule has 0 aromatic carbocycles. The fourth-order valence-electron chi connectivity index (χ4n) is 3.25. The van der Waals surface area contributed by atoms with Crippen molar-refractivity contribution in [2.45, 2.75) is 106 Å². The minimum atomic E-state index is -3.63. The summed E-state index contributed by atoms with van der Waals surface area (Å²) in [5.41, 5.74) is 0.369. The summed E-state index contributed by atoms with van der Waals surface area (Å²) in [6, 6.07) is 1.30. The van der Waals surface area contributed by atoms with E-state index in [4.69, 9.17) is 20.9 Å². The van der Waals surface area contributed by atoms with Gasteiger partial charge in [-0.25, -0.2) is 4.79 Å². The molecule has 0 spiro atoms. The van der Waals surface area contributed by atoms with E-state index in [1.54, 1.807) is 6.92 Å². The normalized spacial score (nSPS) is 14.2. The standard InChI is InChI=1S/C21H50O6Si5/c1-18(2)16-31(17-19(3)4,23-21(22)20(5)6)27-32(24-28(7,8)9,25-29(10,11)12)26-30(13,14)15/h18-19H,5,16-17H2,1-4,6-15H3. The first-order valence-corrected chi connectivity index (χ1v) is 25.8. The first-order valence-electron chi connectivity index (χ1n) is 11.7. The highest BCUT2D eigenvalue weighted by molar-refractivity contribution is 6.91. The van der Waals surface area contributed by atoms with Crippen molar-refractivity contribution >= 4 is 48.5 Å². The van der Waals surface area contributed by atoms with E-state index in [2.05, 4.69) is 93.2 Å². The Hall–Kier alpha value is 0.134. The Morgan fingerprint density at radius 1 is 0.688 bits per heavy atom. The Bertz CT molecular complexity index is 581. The molecule has 0 aromatic rings. The van der Waals surface area contributed by atoms with Crippen molar-refractivity contribution < 1.29 is 25.7 Å². The molecule has 11 heteroatoms. The van der Waals surface area contributed by atoms with Crippen molar-refractivity contribution in [1.29, 1.82) is 0 Å². The zero-order valence-electron chi connectivity index (χ0n) is 23.2. The quantitative estimate of drug-likeness (QED) is 0.178. The molecular weight excluding hydrogens is 489 g/mol. The minimum Gasteiger partial charge on any atom is -0.491 e. The summed E-state index contributed by atoms with van der Waals surface area (Å²) in [5, 5.41) is 0. The van der Waals surface area contributed by atoms with E-state index in [1.165, 1.54) is 0 Å². The third kappa shape index (κ3) is 13.7. The molecular formula is C21H50O6Si5. The zero-order chi connectivity index (χ0) is 25.8. The summed E-state index contributed by atoms with van der Waals surface area (Å²) in [6.45, 7) is 33.0. The van der Waals surface area contributed by atoms with Gasteiger partial charge in [0.05, 0.1) is 0 Å². The predicted molar refractivity (Wildman–Crippen MR) is 146 cm³/mol. The topological polar surface area (TPSA) is 63.2 Å². The van der Waals surface area contributed by atoms with Crippen molar-refractivity contribution in [2.75, 3.05) is 0 Å². The minimum absolute atomic E-state index is 0.274. The lowest BCUT2D eigenvalue weighted by Crippen LogP contribution is -2.67. The van der Waals surface area contributed by atoms with Crippen LogP contribution in [-0.4, -0.2) is 48.5 Å². The van der Waals surface area contributed by atoms with Crippen LogP contribution in [0.25, 0.3) is 0 Å². The Balaban J connectivity index is 6.84. The summed E-state index contributed by atoms with van der Waals surface area (Å²) >= 11 is 0. The van der Waals surface area contributed by atoms with Crippen molar-refractivity contribution in [2.24, 2.45) is 11.8 Å². The van der Waals surface area contributed by atoms with E-state index >= 15 is 0 Å². The van der Waals surface area contributed by atoms with Crippen LogP contribution in [0.5, 0.6) is 0 Å². The molecule has 0 aromatic heterocycles. The van der Waals surface area contributed by atoms with Gasteiger partial charge in [-0.05, 0) is 77.7 Å². The van der Waals surface area contributed by atoms with Gasteiger partial charge in [-0.3, -0.25) is 0 Å². The van der Waals surface area contributed by atoms with Crippen LogP contribution in [0.15, 0.2) is 12.2 Å². The monoisotopic (exact) mass is 538 g/mol. The molecule has 0 aliphatic carbocycles. The van der Waals surface area contributed by atoms with Crippen LogP contribution in [0.1, 0.15) is 34.6 Å². The third-order valence-electron chi connectivity index (χ3n) is 3.67. The summed E-state index contributed by atoms with van der Waals surface area (Å²) in [5.74, 6) is 0.140. The maximum Gasteiger partial charge on any atom is 0.639 e. The molecule has 0 N–H and O–H groups in total. The predicted octanol–water partition coefficient (Wildman–Crippen LogP) is 6.87. The second-order valence-corrected chi connectivity index (χ2v) is 32.3. The second kappa shape index (κ2) is 11.7. The molecule has 190 valence electrons. The molecule has 0 unspecified atom stereocenters. The van der Waals surface area contributed by atoms with E-state index in [1.807, 2.05) is 0 Å². The molecule has 0 atom stereocenters. The largest absolute Gasteiger partial charge is 0.639 e. The maximum atomic E-state index is 12.8. The van der Waals surface area contributed by atoms with Crippen molar-refractivity contribution in [3.8, 4) is 0 Å². The third-order valence-corrected chi connectivity index (χ3v) is 19.9. The van der Waals surface area contributed by atoms with Crippen LogP contribution in [-0.2, 0) is 25.7 Å². The highest BCUT2D eigenvalue weighted by atomic mass is 28.5. The summed E-state index contributed by atoms with van der Waals surface area (Å²) < 4.78 is 33.5. The van der Waals surface area contributed by atoms with Crippen molar-refractivity contribution in [3.63, 3.8) is 0 Å². The van der Waals surface area contributed by atoms with Gasteiger partial charge in [-0.2, -0.15) is 0 Å². The Morgan fingerprint density at radius 2 is 1.00 bits per heavy atom. The molecule has 0 aliphatic heterocycles. The van der Waals surface area contributed by atoms with E-state index in [9.17, 15) is 4.79 Å². The van der Waals surface area contributed by atoms with E-state index in [0.29, 0.717) is 17.7 Å². The molecule has 0 aliphatic rings. The van der Waals surface area contributed by atoms with Gasteiger partial charge >= 0.3 is 23.6 Å². The molecule has 0 fully saturated rings. The van der Waals surface area contributed by atoms with Crippen LogP contribution in [0.2, 0.25) is 71.0 Å². The molecule has 0 heterocycles. The second-order valence-electron chi connectivity index (χ2n) is 12.5.